The van der Waals surface area contributed by atoms with Crippen LogP contribution in [0.5, 0.6) is 0 Å². The Morgan fingerprint density at radius 1 is 1.54 bits per heavy atom. The second-order valence-electron chi connectivity index (χ2n) is 3.95. The Labute approximate surface area is 84.6 Å². The Kier molecular flexibility index (Phi) is 3.14. The predicted molar refractivity (Wildman–Crippen MR) is 59.4 cm³/mol. The largest absolute Gasteiger partial charge is 0.362 e. The van der Waals surface area contributed by atoms with Crippen LogP contribution in [0.4, 0.5) is 0 Å². The SMILES string of the molecule is CCCC1CN=C(NC2CCC2)S1. The van der Waals surface area contributed by atoms with Gasteiger partial charge < -0.3 is 5.32 Å². The molecule has 3 heteroatoms. The Morgan fingerprint density at radius 3 is 3.00 bits per heavy atom. The molecule has 1 aliphatic heterocycles. The van der Waals surface area contributed by atoms with E-state index in [2.05, 4.69) is 17.2 Å². The van der Waals surface area contributed by atoms with Gasteiger partial charge in [0.25, 0.3) is 0 Å². The molecule has 0 spiro atoms. The van der Waals surface area contributed by atoms with Crippen LogP contribution in [0.3, 0.4) is 0 Å². The molecule has 1 saturated carbocycles. The number of hydrogen-bond donors (Lipinski definition) is 1. The van der Waals surface area contributed by atoms with Crippen LogP contribution in [0, 0.1) is 0 Å². The molecule has 1 unspecified atom stereocenters. The van der Waals surface area contributed by atoms with Crippen LogP contribution in [-0.4, -0.2) is 23.0 Å². The van der Waals surface area contributed by atoms with Gasteiger partial charge in [-0.25, -0.2) is 0 Å². The maximum absolute atomic E-state index is 4.53. The minimum Gasteiger partial charge on any atom is -0.362 e. The van der Waals surface area contributed by atoms with E-state index >= 15 is 0 Å². The molecule has 0 bridgehead atoms. The van der Waals surface area contributed by atoms with Gasteiger partial charge in [-0.15, -0.1) is 0 Å². The molecule has 2 rings (SSSR count). The van der Waals surface area contributed by atoms with Crippen molar-refractivity contribution in [2.24, 2.45) is 4.99 Å². The highest BCUT2D eigenvalue weighted by Crippen LogP contribution is 2.26. The first-order valence-electron chi connectivity index (χ1n) is 5.36. The molecule has 0 aromatic carbocycles. The smallest absolute Gasteiger partial charge is 0.157 e. The van der Waals surface area contributed by atoms with Gasteiger partial charge in [-0.3, -0.25) is 4.99 Å². The molecule has 1 heterocycles. The highest BCUT2D eigenvalue weighted by molar-refractivity contribution is 8.14. The van der Waals surface area contributed by atoms with E-state index in [1.54, 1.807) is 0 Å². The maximum Gasteiger partial charge on any atom is 0.157 e. The van der Waals surface area contributed by atoms with Gasteiger partial charge in [-0.2, -0.15) is 0 Å². The Balaban J connectivity index is 1.70. The predicted octanol–water partition coefficient (Wildman–Crippen LogP) is 2.40. The molecule has 2 aliphatic rings. The summed E-state index contributed by atoms with van der Waals surface area (Å²) >= 11 is 1.95. The van der Waals surface area contributed by atoms with Gasteiger partial charge in [0.2, 0.25) is 0 Å². The summed E-state index contributed by atoms with van der Waals surface area (Å²) in [5.74, 6) is 0. The minimum atomic E-state index is 0.742. The van der Waals surface area contributed by atoms with Gasteiger partial charge in [-0.05, 0) is 25.7 Å². The van der Waals surface area contributed by atoms with E-state index in [1.165, 1.54) is 37.3 Å². The number of thioether (sulfide) groups is 1. The molecular weight excluding hydrogens is 180 g/mol. The fourth-order valence-corrected chi connectivity index (χ4v) is 2.90. The van der Waals surface area contributed by atoms with E-state index in [0.717, 1.165) is 17.8 Å². The molecule has 0 aromatic rings. The second kappa shape index (κ2) is 4.36. The van der Waals surface area contributed by atoms with Crippen molar-refractivity contribution in [3.63, 3.8) is 0 Å². The second-order valence-corrected chi connectivity index (χ2v) is 5.24. The van der Waals surface area contributed by atoms with Crippen molar-refractivity contribution >= 4 is 16.9 Å². The van der Waals surface area contributed by atoms with E-state index in [1.807, 2.05) is 11.8 Å². The van der Waals surface area contributed by atoms with Gasteiger partial charge in [0.05, 0.1) is 6.54 Å². The maximum atomic E-state index is 4.53. The molecule has 13 heavy (non-hydrogen) atoms. The molecule has 0 aromatic heterocycles. The summed E-state index contributed by atoms with van der Waals surface area (Å²) in [6.07, 6.45) is 6.68. The Bertz CT molecular complexity index is 199. The van der Waals surface area contributed by atoms with Crippen LogP contribution in [0.15, 0.2) is 4.99 Å². The van der Waals surface area contributed by atoms with Gasteiger partial charge in [-0.1, -0.05) is 25.1 Å². The average Bonchev–Trinajstić information content (AvgIpc) is 2.46. The lowest BCUT2D eigenvalue weighted by Crippen LogP contribution is -2.37. The van der Waals surface area contributed by atoms with Gasteiger partial charge in [0.15, 0.2) is 5.17 Å². The van der Waals surface area contributed by atoms with Gasteiger partial charge >= 0.3 is 0 Å². The standard InChI is InChI=1S/C10H18N2S/c1-2-4-9-7-11-10(13-9)12-8-5-3-6-8/h8-9H,2-7H2,1H3,(H,11,12). The first-order valence-corrected chi connectivity index (χ1v) is 6.24. The quantitative estimate of drug-likeness (QED) is 0.753. The van der Waals surface area contributed by atoms with Crippen molar-refractivity contribution < 1.29 is 0 Å². The summed E-state index contributed by atoms with van der Waals surface area (Å²) in [5, 5.41) is 5.48. The molecule has 1 atom stereocenters. The van der Waals surface area contributed by atoms with Crippen molar-refractivity contribution in [2.45, 2.75) is 50.3 Å². The third kappa shape index (κ3) is 2.39. The number of aliphatic imine (C=N–C) groups is 1. The molecule has 1 N–H and O–H groups in total. The lowest BCUT2D eigenvalue weighted by molar-refractivity contribution is 0.385. The summed E-state index contributed by atoms with van der Waals surface area (Å²) in [6, 6.07) is 0.742. The number of nitrogens with one attached hydrogen (secondary N) is 1. The van der Waals surface area contributed by atoms with E-state index in [9.17, 15) is 0 Å². The molecule has 2 nitrogen and oxygen atoms in total. The number of nitrogens with zero attached hydrogens (tertiary/aromatic N) is 1. The third-order valence-electron chi connectivity index (χ3n) is 2.76. The highest BCUT2D eigenvalue weighted by atomic mass is 32.2. The van der Waals surface area contributed by atoms with Crippen LogP contribution < -0.4 is 5.32 Å². The number of hydrogen-bond acceptors (Lipinski definition) is 3. The number of rotatable bonds is 3. The Morgan fingerprint density at radius 2 is 2.38 bits per heavy atom. The van der Waals surface area contributed by atoms with Crippen LogP contribution >= 0.6 is 11.8 Å². The van der Waals surface area contributed by atoms with Crippen molar-refractivity contribution in [1.29, 1.82) is 0 Å². The number of amidine groups is 1. The molecule has 1 fully saturated rings. The fourth-order valence-electron chi connectivity index (χ4n) is 1.70. The van der Waals surface area contributed by atoms with Crippen LogP contribution in [-0.2, 0) is 0 Å². The zero-order valence-electron chi connectivity index (χ0n) is 8.25. The first kappa shape index (κ1) is 9.38. The summed E-state index contributed by atoms with van der Waals surface area (Å²) in [6.45, 7) is 3.28. The normalized spacial score (nSPS) is 28.4. The average molecular weight is 198 g/mol. The molecule has 1 aliphatic carbocycles. The monoisotopic (exact) mass is 198 g/mol. The highest BCUT2D eigenvalue weighted by Gasteiger charge is 2.23. The topological polar surface area (TPSA) is 24.4 Å². The van der Waals surface area contributed by atoms with E-state index in [4.69, 9.17) is 0 Å². The third-order valence-corrected chi connectivity index (χ3v) is 3.95. The lowest BCUT2D eigenvalue weighted by atomic mass is 9.94. The summed E-state index contributed by atoms with van der Waals surface area (Å²) in [7, 11) is 0. The lowest BCUT2D eigenvalue weighted by Gasteiger charge is -2.27. The zero-order valence-corrected chi connectivity index (χ0v) is 9.07. The van der Waals surface area contributed by atoms with Crippen molar-refractivity contribution in [3.8, 4) is 0 Å². The van der Waals surface area contributed by atoms with E-state index in [0.29, 0.717) is 0 Å². The fraction of sp³-hybridized carbons (Fsp3) is 0.900. The minimum absolute atomic E-state index is 0.742. The molecule has 0 radical (unpaired) electrons. The summed E-state index contributed by atoms with van der Waals surface area (Å²) in [5.41, 5.74) is 0. The first-order chi connectivity index (χ1) is 6.38. The van der Waals surface area contributed by atoms with Crippen LogP contribution in [0.1, 0.15) is 39.0 Å². The van der Waals surface area contributed by atoms with E-state index in [-0.39, 0.29) is 0 Å². The van der Waals surface area contributed by atoms with Crippen LogP contribution in [0.25, 0.3) is 0 Å². The summed E-state index contributed by atoms with van der Waals surface area (Å²) in [4.78, 5) is 4.53. The van der Waals surface area contributed by atoms with Crippen LogP contribution in [0.2, 0.25) is 0 Å². The Hall–Kier alpha value is -0.180. The molecular formula is C10H18N2S. The van der Waals surface area contributed by atoms with E-state index < -0.39 is 0 Å². The molecule has 0 saturated heterocycles. The van der Waals surface area contributed by atoms with Crippen molar-refractivity contribution in [3.05, 3.63) is 0 Å². The molecule has 0 amide bonds. The van der Waals surface area contributed by atoms with Gasteiger partial charge in [0.1, 0.15) is 0 Å². The zero-order chi connectivity index (χ0) is 9.10. The molecule has 74 valence electrons. The van der Waals surface area contributed by atoms with Crippen molar-refractivity contribution in [1.82, 2.24) is 5.32 Å². The van der Waals surface area contributed by atoms with Gasteiger partial charge in [0, 0.05) is 11.3 Å². The van der Waals surface area contributed by atoms with Crippen molar-refractivity contribution in [2.75, 3.05) is 6.54 Å². The summed E-state index contributed by atoms with van der Waals surface area (Å²) < 4.78 is 0.